The first kappa shape index (κ1) is 24.6. The van der Waals surface area contributed by atoms with Gasteiger partial charge in [0.2, 0.25) is 0 Å². The first-order valence-corrected chi connectivity index (χ1v) is 12.0. The maximum atomic E-state index is 13.1. The Morgan fingerprint density at radius 3 is 2.66 bits per heavy atom. The van der Waals surface area contributed by atoms with Crippen molar-refractivity contribution in [1.82, 2.24) is 4.90 Å². The predicted octanol–water partition coefficient (Wildman–Crippen LogP) is 5.68. The van der Waals surface area contributed by atoms with Gasteiger partial charge >= 0.3 is 5.97 Å². The summed E-state index contributed by atoms with van der Waals surface area (Å²) in [6.45, 7) is 1.79. The Hall–Kier alpha value is -3.49. The number of esters is 1. The van der Waals surface area contributed by atoms with Gasteiger partial charge in [-0.15, -0.1) is 0 Å². The maximum Gasteiger partial charge on any atom is 0.344 e. The minimum absolute atomic E-state index is 0.175. The molecule has 2 amide bonds. The summed E-state index contributed by atoms with van der Waals surface area (Å²) in [6, 6.07) is 16.8. The minimum atomic E-state index is -0.533. The molecule has 180 valence electrons. The highest BCUT2D eigenvalue weighted by atomic mass is 35.5. The van der Waals surface area contributed by atoms with E-state index in [1.807, 2.05) is 42.5 Å². The molecule has 0 bridgehead atoms. The second-order valence-electron chi connectivity index (χ2n) is 7.53. The number of imide groups is 1. The Labute approximate surface area is 211 Å². The predicted molar refractivity (Wildman–Crippen MR) is 136 cm³/mol. The number of hydrogen-bond acceptors (Lipinski definition) is 7. The van der Waals surface area contributed by atoms with E-state index < -0.39 is 5.97 Å². The minimum Gasteiger partial charge on any atom is -0.493 e. The molecule has 0 spiro atoms. The molecule has 1 heterocycles. The third-order valence-corrected chi connectivity index (χ3v) is 6.46. The van der Waals surface area contributed by atoms with Crippen LogP contribution in [0.5, 0.6) is 11.5 Å². The zero-order valence-electron chi connectivity index (χ0n) is 19.1. The number of benzene rings is 3. The van der Waals surface area contributed by atoms with Gasteiger partial charge in [0.05, 0.1) is 30.2 Å². The smallest absolute Gasteiger partial charge is 0.344 e. The molecule has 7 nitrogen and oxygen atoms in total. The third kappa shape index (κ3) is 5.44. The average Bonchev–Trinajstić information content (AvgIpc) is 3.10. The summed E-state index contributed by atoms with van der Waals surface area (Å²) in [6.07, 6.45) is 1.58. The van der Waals surface area contributed by atoms with E-state index in [0.29, 0.717) is 5.56 Å². The molecule has 9 heteroatoms. The second kappa shape index (κ2) is 10.8. The number of amides is 2. The lowest BCUT2D eigenvalue weighted by atomic mass is 10.0. The van der Waals surface area contributed by atoms with E-state index in [-0.39, 0.29) is 52.3 Å². The topological polar surface area (TPSA) is 82.1 Å². The van der Waals surface area contributed by atoms with Crippen molar-refractivity contribution < 1.29 is 28.6 Å². The van der Waals surface area contributed by atoms with Crippen LogP contribution >= 0.6 is 23.4 Å². The van der Waals surface area contributed by atoms with Crippen molar-refractivity contribution in [1.29, 1.82) is 0 Å². The van der Waals surface area contributed by atoms with Crippen LogP contribution < -0.4 is 9.47 Å². The lowest BCUT2D eigenvalue weighted by Gasteiger charge is -2.14. The number of methoxy groups -OCH3 is 1. The number of fused-ring (bicyclic) bond motifs is 1. The molecule has 3 aromatic rings. The fraction of sp³-hybridized carbons (Fsp3) is 0.192. The highest BCUT2D eigenvalue weighted by Crippen LogP contribution is 2.39. The van der Waals surface area contributed by atoms with Crippen LogP contribution in [-0.2, 0) is 20.9 Å². The molecular formula is C26H22ClNO6S. The highest BCUT2D eigenvalue weighted by molar-refractivity contribution is 8.18. The summed E-state index contributed by atoms with van der Waals surface area (Å²) >= 11 is 7.23. The largest absolute Gasteiger partial charge is 0.493 e. The van der Waals surface area contributed by atoms with E-state index in [1.54, 1.807) is 25.1 Å². The van der Waals surface area contributed by atoms with Crippen LogP contribution in [0.4, 0.5) is 4.79 Å². The fourth-order valence-corrected chi connectivity index (χ4v) is 4.80. The fourth-order valence-electron chi connectivity index (χ4n) is 3.69. The number of carbonyl (C=O) groups excluding carboxylic acids is 3. The Morgan fingerprint density at radius 1 is 1.11 bits per heavy atom. The average molecular weight is 512 g/mol. The number of halogens is 1. The van der Waals surface area contributed by atoms with Crippen molar-refractivity contribution in [2.75, 3.05) is 20.3 Å². The van der Waals surface area contributed by atoms with Gasteiger partial charge in [-0.3, -0.25) is 14.5 Å². The van der Waals surface area contributed by atoms with Gasteiger partial charge in [-0.1, -0.05) is 54.1 Å². The summed E-state index contributed by atoms with van der Waals surface area (Å²) < 4.78 is 15.7. The second-order valence-corrected chi connectivity index (χ2v) is 8.93. The zero-order chi connectivity index (χ0) is 24.9. The van der Waals surface area contributed by atoms with E-state index in [0.717, 1.165) is 28.1 Å². The number of ether oxygens (including phenoxy) is 3. The van der Waals surface area contributed by atoms with Gasteiger partial charge in [0, 0.05) is 0 Å². The van der Waals surface area contributed by atoms with E-state index in [1.165, 1.54) is 12.0 Å². The summed E-state index contributed by atoms with van der Waals surface area (Å²) in [4.78, 5) is 38.9. The van der Waals surface area contributed by atoms with Crippen molar-refractivity contribution in [3.63, 3.8) is 0 Å². The van der Waals surface area contributed by atoms with E-state index in [4.69, 9.17) is 25.8 Å². The first-order valence-electron chi connectivity index (χ1n) is 10.8. The quantitative estimate of drug-likeness (QED) is 0.284. The first-order chi connectivity index (χ1) is 16.9. The molecule has 1 aliphatic rings. The molecule has 4 rings (SSSR count). The van der Waals surface area contributed by atoms with E-state index >= 15 is 0 Å². The number of rotatable bonds is 8. The molecule has 1 fully saturated rings. The van der Waals surface area contributed by atoms with Crippen molar-refractivity contribution >= 4 is 57.3 Å². The Balaban J connectivity index is 1.56. The SMILES string of the molecule is CCOC(=O)COc1c(Cl)cc(/C=C2/SC(=O)N(Cc3cccc4ccccc34)C2=O)cc1OC. The Morgan fingerprint density at radius 2 is 1.89 bits per heavy atom. The number of hydrogen-bond donors (Lipinski definition) is 0. The van der Waals surface area contributed by atoms with Gasteiger partial charge in [-0.25, -0.2) is 4.79 Å². The number of nitrogens with zero attached hydrogens (tertiary/aromatic N) is 1. The molecule has 3 aromatic carbocycles. The molecular weight excluding hydrogens is 490 g/mol. The molecule has 0 unspecified atom stereocenters. The molecule has 0 saturated carbocycles. The highest BCUT2D eigenvalue weighted by Gasteiger charge is 2.35. The van der Waals surface area contributed by atoms with E-state index in [2.05, 4.69) is 0 Å². The molecule has 0 radical (unpaired) electrons. The summed E-state index contributed by atoms with van der Waals surface area (Å²) in [7, 11) is 1.44. The van der Waals surface area contributed by atoms with Gasteiger partial charge in [0.25, 0.3) is 11.1 Å². The van der Waals surface area contributed by atoms with Gasteiger partial charge in [-0.2, -0.15) is 0 Å². The number of carbonyl (C=O) groups is 3. The monoisotopic (exact) mass is 511 g/mol. The Bertz CT molecular complexity index is 1330. The van der Waals surface area contributed by atoms with Crippen molar-refractivity contribution in [2.45, 2.75) is 13.5 Å². The summed E-state index contributed by atoms with van der Waals surface area (Å²) in [5, 5.41) is 1.88. The van der Waals surface area contributed by atoms with Crippen LogP contribution in [0, 0.1) is 0 Å². The van der Waals surface area contributed by atoms with Crippen LogP contribution in [-0.4, -0.2) is 42.3 Å². The van der Waals surface area contributed by atoms with Crippen molar-refractivity contribution in [2.24, 2.45) is 0 Å². The van der Waals surface area contributed by atoms with Crippen molar-refractivity contribution in [3.05, 3.63) is 75.7 Å². The zero-order valence-corrected chi connectivity index (χ0v) is 20.7. The lowest BCUT2D eigenvalue weighted by molar-refractivity contribution is -0.145. The van der Waals surface area contributed by atoms with Crippen molar-refractivity contribution in [3.8, 4) is 11.5 Å². The van der Waals surface area contributed by atoms with Crippen LogP contribution in [0.3, 0.4) is 0 Å². The standard InChI is InChI=1S/C26H22ClNO6S/c1-3-33-23(29)15-34-24-20(27)11-16(12-21(24)32-2)13-22-25(30)28(26(31)35-22)14-18-9-6-8-17-7-4-5-10-19(17)18/h4-13H,3,14-15H2,1-2H3/b22-13+. The van der Waals surface area contributed by atoms with Gasteiger partial charge < -0.3 is 14.2 Å². The molecule has 0 atom stereocenters. The molecule has 0 N–H and O–H groups in total. The van der Waals surface area contributed by atoms with Crippen LogP contribution in [0.2, 0.25) is 5.02 Å². The van der Waals surface area contributed by atoms with Gasteiger partial charge in [-0.05, 0) is 58.8 Å². The Kier molecular flexibility index (Phi) is 7.63. The van der Waals surface area contributed by atoms with Gasteiger partial charge in [0.15, 0.2) is 18.1 Å². The normalized spacial score (nSPS) is 14.6. The van der Waals surface area contributed by atoms with Gasteiger partial charge in [0.1, 0.15) is 0 Å². The van der Waals surface area contributed by atoms with Crippen LogP contribution in [0.15, 0.2) is 59.5 Å². The molecule has 1 saturated heterocycles. The van der Waals surface area contributed by atoms with Crippen LogP contribution in [0.25, 0.3) is 16.8 Å². The molecule has 0 aromatic heterocycles. The lowest BCUT2D eigenvalue weighted by Crippen LogP contribution is -2.27. The summed E-state index contributed by atoms with van der Waals surface area (Å²) in [5.41, 5.74) is 1.44. The third-order valence-electron chi connectivity index (χ3n) is 5.27. The maximum absolute atomic E-state index is 13.1. The van der Waals surface area contributed by atoms with E-state index in [9.17, 15) is 14.4 Å². The number of thioether (sulfide) groups is 1. The summed E-state index contributed by atoms with van der Waals surface area (Å²) in [5.74, 6) is -0.452. The molecule has 35 heavy (non-hydrogen) atoms. The molecule has 0 aliphatic carbocycles. The molecule has 1 aliphatic heterocycles. The van der Waals surface area contributed by atoms with Crippen LogP contribution in [0.1, 0.15) is 18.1 Å².